The first kappa shape index (κ1) is 16.4. The minimum atomic E-state index is -0.0425. The summed E-state index contributed by atoms with van der Waals surface area (Å²) in [6, 6.07) is 19.1. The van der Waals surface area contributed by atoms with Crippen LogP contribution in [0.2, 0.25) is 0 Å². The van der Waals surface area contributed by atoms with Crippen molar-refractivity contribution >= 4 is 27.3 Å². The van der Waals surface area contributed by atoms with Crippen LogP contribution in [0.4, 0.5) is 0 Å². The van der Waals surface area contributed by atoms with E-state index in [0.29, 0.717) is 0 Å². The van der Waals surface area contributed by atoms with Crippen molar-refractivity contribution in [1.29, 1.82) is 0 Å². The Kier molecular flexibility index (Phi) is 5.00. The zero-order valence-electron chi connectivity index (χ0n) is 13.5. The highest BCUT2D eigenvalue weighted by Crippen LogP contribution is 2.40. The number of halogens is 1. The molecule has 118 valence electrons. The quantitative estimate of drug-likeness (QED) is 0.495. The van der Waals surface area contributed by atoms with Gasteiger partial charge in [-0.3, -0.25) is 0 Å². The Balaban J connectivity index is 1.97. The van der Waals surface area contributed by atoms with E-state index in [0.717, 1.165) is 0 Å². The first-order valence-electron chi connectivity index (χ1n) is 7.55. The molecule has 0 amide bonds. The van der Waals surface area contributed by atoms with E-state index >= 15 is 0 Å². The molecule has 2 aromatic carbocycles. The van der Waals surface area contributed by atoms with Crippen LogP contribution >= 0.6 is 27.3 Å². The van der Waals surface area contributed by atoms with Crippen molar-refractivity contribution in [2.75, 3.05) is 7.11 Å². The van der Waals surface area contributed by atoms with Crippen molar-refractivity contribution in [3.63, 3.8) is 0 Å². The Morgan fingerprint density at radius 2 is 1.48 bits per heavy atom. The fourth-order valence-electron chi connectivity index (χ4n) is 2.87. The molecule has 0 aliphatic heterocycles. The normalized spacial score (nSPS) is 12.3. The molecule has 0 fully saturated rings. The van der Waals surface area contributed by atoms with Crippen molar-refractivity contribution in [2.24, 2.45) is 0 Å². The van der Waals surface area contributed by atoms with Gasteiger partial charge in [0.05, 0.1) is 0 Å². The van der Waals surface area contributed by atoms with Crippen LogP contribution in [-0.4, -0.2) is 7.11 Å². The van der Waals surface area contributed by atoms with Crippen LogP contribution in [0.5, 0.6) is 0 Å². The van der Waals surface area contributed by atoms with Crippen LogP contribution in [0.15, 0.2) is 59.1 Å². The van der Waals surface area contributed by atoms with Crippen molar-refractivity contribution < 1.29 is 4.74 Å². The molecule has 1 unspecified atom stereocenters. The van der Waals surface area contributed by atoms with Gasteiger partial charge < -0.3 is 4.74 Å². The minimum Gasteiger partial charge on any atom is -0.372 e. The zero-order valence-corrected chi connectivity index (χ0v) is 15.9. The molecule has 0 aliphatic rings. The summed E-state index contributed by atoms with van der Waals surface area (Å²) < 4.78 is 6.99. The van der Waals surface area contributed by atoms with Crippen LogP contribution in [-0.2, 0) is 4.74 Å². The number of benzene rings is 2. The van der Waals surface area contributed by atoms with Gasteiger partial charge in [-0.1, -0.05) is 54.6 Å². The molecule has 3 rings (SSSR count). The second-order valence-corrected chi connectivity index (χ2v) is 7.77. The molecule has 0 N–H and O–H groups in total. The molecule has 1 aromatic heterocycles. The maximum Gasteiger partial charge on any atom is 0.109 e. The van der Waals surface area contributed by atoms with E-state index < -0.39 is 0 Å². The molecule has 0 aliphatic carbocycles. The molecular weight excluding hydrogens is 368 g/mol. The van der Waals surface area contributed by atoms with E-state index in [1.165, 1.54) is 36.5 Å². The predicted octanol–water partition coefficient (Wildman–Crippen LogP) is 6.53. The summed E-state index contributed by atoms with van der Waals surface area (Å²) >= 11 is 5.53. The lowest BCUT2D eigenvalue weighted by Gasteiger charge is -2.17. The second kappa shape index (κ2) is 7.00. The zero-order chi connectivity index (χ0) is 16.4. The van der Waals surface area contributed by atoms with Gasteiger partial charge in [0.1, 0.15) is 6.10 Å². The lowest BCUT2D eigenvalue weighted by atomic mass is 9.98. The fraction of sp³-hybridized carbons (Fsp3) is 0.200. The molecule has 0 saturated heterocycles. The molecular formula is C20H19BrOS. The van der Waals surface area contributed by atoms with Gasteiger partial charge in [0.15, 0.2) is 0 Å². The van der Waals surface area contributed by atoms with E-state index in [1.807, 2.05) is 17.4 Å². The highest BCUT2D eigenvalue weighted by molar-refractivity contribution is 9.10. The third-order valence-corrected chi connectivity index (χ3v) is 6.37. The van der Waals surface area contributed by atoms with Gasteiger partial charge in [-0.2, -0.15) is 0 Å². The van der Waals surface area contributed by atoms with Crippen LogP contribution < -0.4 is 0 Å². The van der Waals surface area contributed by atoms with Gasteiger partial charge in [0.2, 0.25) is 0 Å². The maximum absolute atomic E-state index is 5.82. The van der Waals surface area contributed by atoms with Crippen molar-refractivity contribution in [3.05, 3.63) is 80.0 Å². The molecule has 3 aromatic rings. The fourth-order valence-corrected chi connectivity index (χ4v) is 4.73. The molecule has 23 heavy (non-hydrogen) atoms. The first-order valence-corrected chi connectivity index (χ1v) is 9.16. The summed E-state index contributed by atoms with van der Waals surface area (Å²) in [5, 5.41) is 0. The summed E-state index contributed by atoms with van der Waals surface area (Å²) in [7, 11) is 1.77. The van der Waals surface area contributed by atoms with E-state index in [1.54, 1.807) is 7.11 Å². The van der Waals surface area contributed by atoms with E-state index in [2.05, 4.69) is 78.3 Å². The number of aryl methyl sites for hydroxylation is 2. The Morgan fingerprint density at radius 3 is 2.00 bits per heavy atom. The Hall–Kier alpha value is -1.42. The molecule has 3 heteroatoms. The van der Waals surface area contributed by atoms with Gasteiger partial charge in [0.25, 0.3) is 0 Å². The number of thiophene rings is 1. The molecule has 1 nitrogen and oxygen atoms in total. The first-order chi connectivity index (χ1) is 11.1. The average Bonchev–Trinajstić information content (AvgIpc) is 2.83. The number of ether oxygens (including phenoxy) is 1. The monoisotopic (exact) mass is 386 g/mol. The Labute approximate surface area is 150 Å². The summed E-state index contributed by atoms with van der Waals surface area (Å²) in [6.45, 7) is 4.29. The number of hydrogen-bond acceptors (Lipinski definition) is 2. The summed E-state index contributed by atoms with van der Waals surface area (Å²) in [6.07, 6.45) is -0.0425. The second-order valence-electron chi connectivity index (χ2n) is 5.55. The molecule has 0 spiro atoms. The van der Waals surface area contributed by atoms with Crippen molar-refractivity contribution in [3.8, 4) is 11.1 Å². The maximum atomic E-state index is 5.82. The van der Waals surface area contributed by atoms with Gasteiger partial charge >= 0.3 is 0 Å². The number of methoxy groups -OCH3 is 1. The summed E-state index contributed by atoms with van der Waals surface area (Å²) in [4.78, 5) is 2.59. The lowest BCUT2D eigenvalue weighted by Crippen LogP contribution is -2.04. The average molecular weight is 387 g/mol. The van der Waals surface area contributed by atoms with Crippen molar-refractivity contribution in [1.82, 2.24) is 0 Å². The molecule has 1 atom stereocenters. The Bertz CT molecular complexity index is 791. The largest absolute Gasteiger partial charge is 0.372 e. The third-order valence-electron chi connectivity index (χ3n) is 4.05. The van der Waals surface area contributed by atoms with Crippen molar-refractivity contribution in [2.45, 2.75) is 20.0 Å². The van der Waals surface area contributed by atoms with Gasteiger partial charge in [0, 0.05) is 26.9 Å². The van der Waals surface area contributed by atoms with Crippen LogP contribution in [0, 0.1) is 13.8 Å². The smallest absolute Gasteiger partial charge is 0.109 e. The Morgan fingerprint density at radius 1 is 0.870 bits per heavy atom. The molecule has 1 heterocycles. The molecule has 0 radical (unpaired) electrons. The third kappa shape index (κ3) is 3.27. The van der Waals surface area contributed by atoms with E-state index in [4.69, 9.17) is 4.74 Å². The summed E-state index contributed by atoms with van der Waals surface area (Å²) in [5.41, 5.74) is 4.87. The van der Waals surface area contributed by atoms with Gasteiger partial charge in [-0.05, 0) is 46.5 Å². The van der Waals surface area contributed by atoms with E-state index in [9.17, 15) is 0 Å². The molecule has 0 saturated carbocycles. The summed E-state index contributed by atoms with van der Waals surface area (Å²) in [5.74, 6) is 0. The standard InChI is InChI=1S/C20H19BrOS/c1-13-18(19(21)14(2)23-13)20(22-3)17-11-9-16(10-12-17)15-7-5-4-6-8-15/h4-12,20H,1-3H3. The minimum absolute atomic E-state index is 0.0425. The number of rotatable bonds is 4. The van der Waals surface area contributed by atoms with E-state index in [-0.39, 0.29) is 6.10 Å². The van der Waals surface area contributed by atoms with Crippen LogP contribution in [0.1, 0.15) is 27.0 Å². The van der Waals surface area contributed by atoms with Crippen LogP contribution in [0.25, 0.3) is 11.1 Å². The SMILES string of the molecule is COC(c1ccc(-c2ccccc2)cc1)c1c(C)sc(C)c1Br. The highest BCUT2D eigenvalue weighted by Gasteiger charge is 2.22. The van der Waals surface area contributed by atoms with Gasteiger partial charge in [-0.25, -0.2) is 0 Å². The molecule has 0 bridgehead atoms. The topological polar surface area (TPSA) is 9.23 Å². The van der Waals surface area contributed by atoms with Crippen LogP contribution in [0.3, 0.4) is 0 Å². The highest BCUT2D eigenvalue weighted by atomic mass is 79.9. The lowest BCUT2D eigenvalue weighted by molar-refractivity contribution is 0.136. The predicted molar refractivity (Wildman–Crippen MR) is 102 cm³/mol. The van der Waals surface area contributed by atoms with Gasteiger partial charge in [-0.15, -0.1) is 11.3 Å². The number of hydrogen-bond donors (Lipinski definition) is 0.